The summed E-state index contributed by atoms with van der Waals surface area (Å²) in [5, 5.41) is 9.04. The quantitative estimate of drug-likeness (QED) is 0.928. The Kier molecular flexibility index (Phi) is 2.97. The molecule has 0 bridgehead atoms. The van der Waals surface area contributed by atoms with E-state index in [4.69, 9.17) is 9.84 Å². The first-order chi connectivity index (χ1) is 9.56. The first-order valence-corrected chi connectivity index (χ1v) is 6.65. The number of carbonyl (C=O) groups is 1. The molecule has 1 N–H and O–H groups in total. The summed E-state index contributed by atoms with van der Waals surface area (Å²) in [5.41, 5.74) is 2.21. The molecule has 0 unspecified atom stereocenters. The molecule has 2 aromatic carbocycles. The molecule has 0 amide bonds. The van der Waals surface area contributed by atoms with Crippen LogP contribution in [-0.4, -0.2) is 16.7 Å². The fourth-order valence-corrected chi connectivity index (χ4v) is 2.78. The van der Waals surface area contributed by atoms with Crippen molar-refractivity contribution in [1.82, 2.24) is 0 Å². The first-order valence-electron chi connectivity index (χ1n) is 6.65. The molecule has 1 aliphatic heterocycles. The summed E-state index contributed by atoms with van der Waals surface area (Å²) in [4.78, 5) is 11.0. The van der Waals surface area contributed by atoms with E-state index in [1.807, 2.05) is 18.2 Å². The van der Waals surface area contributed by atoms with Gasteiger partial charge in [0, 0.05) is 12.8 Å². The molecule has 1 aliphatic rings. The summed E-state index contributed by atoms with van der Waals surface area (Å²) in [7, 11) is 0. The van der Waals surface area contributed by atoms with Gasteiger partial charge in [-0.25, -0.2) is 4.79 Å². The SMILES string of the molecule is C[C@]1(Cc2ccccc2)Cc2cc(C(=O)O)ccc2O1. The third-order valence-corrected chi connectivity index (χ3v) is 3.65. The van der Waals surface area contributed by atoms with Gasteiger partial charge in [0.1, 0.15) is 11.4 Å². The Morgan fingerprint density at radius 3 is 2.70 bits per heavy atom. The highest BCUT2D eigenvalue weighted by molar-refractivity contribution is 5.88. The standard InChI is InChI=1S/C17H16O3/c1-17(10-12-5-3-2-4-6-12)11-14-9-13(16(18)19)7-8-15(14)20-17/h2-9H,10-11H2,1H3,(H,18,19)/t17-/m0/s1. The molecule has 0 aliphatic carbocycles. The molecule has 0 saturated heterocycles. The van der Waals surface area contributed by atoms with E-state index < -0.39 is 5.97 Å². The van der Waals surface area contributed by atoms with Crippen molar-refractivity contribution in [2.75, 3.05) is 0 Å². The second-order valence-electron chi connectivity index (χ2n) is 5.52. The number of ether oxygens (including phenoxy) is 1. The van der Waals surface area contributed by atoms with Crippen molar-refractivity contribution < 1.29 is 14.6 Å². The van der Waals surface area contributed by atoms with Crippen LogP contribution in [0.25, 0.3) is 0 Å². The van der Waals surface area contributed by atoms with Gasteiger partial charge in [0.05, 0.1) is 5.56 Å². The van der Waals surface area contributed by atoms with Crippen molar-refractivity contribution in [1.29, 1.82) is 0 Å². The lowest BCUT2D eigenvalue weighted by molar-refractivity contribution is 0.0697. The van der Waals surface area contributed by atoms with Gasteiger partial charge in [-0.2, -0.15) is 0 Å². The molecule has 3 heteroatoms. The average Bonchev–Trinajstić information content (AvgIpc) is 2.74. The highest BCUT2D eigenvalue weighted by Crippen LogP contribution is 2.37. The zero-order chi connectivity index (χ0) is 14.2. The van der Waals surface area contributed by atoms with Crippen LogP contribution in [0.4, 0.5) is 0 Å². The van der Waals surface area contributed by atoms with Crippen LogP contribution < -0.4 is 4.74 Å². The Morgan fingerprint density at radius 1 is 1.25 bits per heavy atom. The average molecular weight is 268 g/mol. The molecule has 20 heavy (non-hydrogen) atoms. The highest BCUT2D eigenvalue weighted by atomic mass is 16.5. The number of hydrogen-bond donors (Lipinski definition) is 1. The van der Waals surface area contributed by atoms with Crippen LogP contribution >= 0.6 is 0 Å². The molecule has 0 radical (unpaired) electrons. The smallest absolute Gasteiger partial charge is 0.335 e. The zero-order valence-corrected chi connectivity index (χ0v) is 11.3. The lowest BCUT2D eigenvalue weighted by Crippen LogP contribution is -2.32. The number of aromatic carboxylic acids is 1. The molecule has 102 valence electrons. The van der Waals surface area contributed by atoms with Gasteiger partial charge in [0.15, 0.2) is 0 Å². The van der Waals surface area contributed by atoms with Gasteiger partial charge in [0.2, 0.25) is 0 Å². The summed E-state index contributed by atoms with van der Waals surface area (Å²) in [6.45, 7) is 2.07. The monoisotopic (exact) mass is 268 g/mol. The second kappa shape index (κ2) is 4.67. The van der Waals surface area contributed by atoms with Gasteiger partial charge in [-0.1, -0.05) is 30.3 Å². The number of rotatable bonds is 3. The lowest BCUT2D eigenvalue weighted by atomic mass is 9.91. The molecule has 0 saturated carbocycles. The molecule has 1 atom stereocenters. The Morgan fingerprint density at radius 2 is 2.00 bits per heavy atom. The minimum Gasteiger partial charge on any atom is -0.487 e. The van der Waals surface area contributed by atoms with Crippen molar-refractivity contribution in [3.05, 3.63) is 65.2 Å². The van der Waals surface area contributed by atoms with Crippen molar-refractivity contribution in [2.45, 2.75) is 25.4 Å². The summed E-state index contributed by atoms with van der Waals surface area (Å²) >= 11 is 0. The van der Waals surface area contributed by atoms with E-state index in [9.17, 15) is 4.79 Å². The van der Waals surface area contributed by atoms with E-state index in [-0.39, 0.29) is 5.60 Å². The number of carboxylic acids is 1. The topological polar surface area (TPSA) is 46.5 Å². The van der Waals surface area contributed by atoms with Crippen LogP contribution in [0.3, 0.4) is 0 Å². The Balaban J connectivity index is 1.84. The van der Waals surface area contributed by atoms with Gasteiger partial charge in [-0.15, -0.1) is 0 Å². The van der Waals surface area contributed by atoms with Crippen molar-refractivity contribution >= 4 is 5.97 Å². The van der Waals surface area contributed by atoms with Crippen LogP contribution in [0.1, 0.15) is 28.4 Å². The molecule has 1 heterocycles. The lowest BCUT2D eigenvalue weighted by Gasteiger charge is -2.24. The normalized spacial score (nSPS) is 20.2. The molecule has 0 spiro atoms. The summed E-state index contributed by atoms with van der Waals surface area (Å²) in [6.07, 6.45) is 1.54. The van der Waals surface area contributed by atoms with E-state index in [0.717, 1.165) is 24.2 Å². The minimum atomic E-state index is -0.899. The maximum absolute atomic E-state index is 11.0. The zero-order valence-electron chi connectivity index (χ0n) is 11.3. The molecular formula is C17H16O3. The predicted molar refractivity (Wildman–Crippen MR) is 76.3 cm³/mol. The largest absolute Gasteiger partial charge is 0.487 e. The molecule has 0 aromatic heterocycles. The van der Waals surface area contributed by atoms with Crippen molar-refractivity contribution in [3.8, 4) is 5.75 Å². The van der Waals surface area contributed by atoms with Crippen LogP contribution in [0.5, 0.6) is 5.75 Å². The number of benzene rings is 2. The Labute approximate surface area is 117 Å². The molecule has 2 aromatic rings. The van der Waals surface area contributed by atoms with Gasteiger partial charge < -0.3 is 9.84 Å². The number of fused-ring (bicyclic) bond motifs is 1. The van der Waals surface area contributed by atoms with Crippen LogP contribution in [0.2, 0.25) is 0 Å². The van der Waals surface area contributed by atoms with Crippen LogP contribution in [0, 0.1) is 0 Å². The highest BCUT2D eigenvalue weighted by Gasteiger charge is 2.35. The van der Waals surface area contributed by atoms with E-state index in [2.05, 4.69) is 19.1 Å². The van der Waals surface area contributed by atoms with E-state index in [1.165, 1.54) is 5.56 Å². The van der Waals surface area contributed by atoms with E-state index in [0.29, 0.717) is 5.56 Å². The maximum atomic E-state index is 11.0. The third kappa shape index (κ3) is 2.39. The summed E-state index contributed by atoms with van der Waals surface area (Å²) in [5.74, 6) is -0.0992. The second-order valence-corrected chi connectivity index (χ2v) is 5.52. The maximum Gasteiger partial charge on any atom is 0.335 e. The Bertz CT molecular complexity index is 649. The molecule has 3 nitrogen and oxygen atoms in total. The molecule has 0 fully saturated rings. The van der Waals surface area contributed by atoms with Gasteiger partial charge >= 0.3 is 5.97 Å². The summed E-state index contributed by atoms with van der Waals surface area (Å²) in [6, 6.07) is 15.3. The number of carboxylic acid groups (broad SMARTS) is 1. The third-order valence-electron chi connectivity index (χ3n) is 3.65. The summed E-state index contributed by atoms with van der Waals surface area (Å²) < 4.78 is 6.04. The predicted octanol–water partition coefficient (Wildman–Crippen LogP) is 3.32. The fourth-order valence-electron chi connectivity index (χ4n) is 2.78. The fraction of sp³-hybridized carbons (Fsp3) is 0.235. The van der Waals surface area contributed by atoms with Crippen molar-refractivity contribution in [2.24, 2.45) is 0 Å². The first kappa shape index (κ1) is 12.7. The van der Waals surface area contributed by atoms with Crippen LogP contribution in [0.15, 0.2) is 48.5 Å². The molecule has 3 rings (SSSR count). The van der Waals surface area contributed by atoms with Crippen LogP contribution in [-0.2, 0) is 12.8 Å². The molecular weight excluding hydrogens is 252 g/mol. The van der Waals surface area contributed by atoms with Gasteiger partial charge in [0.25, 0.3) is 0 Å². The van der Waals surface area contributed by atoms with E-state index >= 15 is 0 Å². The minimum absolute atomic E-state index is 0.305. The number of hydrogen-bond acceptors (Lipinski definition) is 2. The van der Waals surface area contributed by atoms with Gasteiger partial charge in [-0.3, -0.25) is 0 Å². The van der Waals surface area contributed by atoms with Gasteiger partial charge in [-0.05, 0) is 36.2 Å². The Hall–Kier alpha value is -2.29. The van der Waals surface area contributed by atoms with E-state index in [1.54, 1.807) is 18.2 Å². The van der Waals surface area contributed by atoms with Crippen molar-refractivity contribution in [3.63, 3.8) is 0 Å².